The summed E-state index contributed by atoms with van der Waals surface area (Å²) in [5.74, 6) is -0.486. The highest BCUT2D eigenvalue weighted by Crippen LogP contribution is 2.37. The number of methoxy groups -OCH3 is 1. The minimum absolute atomic E-state index is 0.142. The molecule has 4 aromatic rings. The van der Waals surface area contributed by atoms with E-state index in [1.807, 2.05) is 79.5 Å². The molecule has 0 aliphatic rings. The number of amides is 1. The van der Waals surface area contributed by atoms with Crippen LogP contribution in [0.15, 0.2) is 82.4 Å². The third-order valence-corrected chi connectivity index (χ3v) is 5.98. The Kier molecular flexibility index (Phi) is 6.18. The predicted octanol–water partition coefficient (Wildman–Crippen LogP) is 3.43. The molecule has 0 bridgehead atoms. The zero-order chi connectivity index (χ0) is 24.3. The Morgan fingerprint density at radius 3 is 2.18 bits per heavy atom. The highest BCUT2D eigenvalue weighted by molar-refractivity contribution is 6.04. The summed E-state index contributed by atoms with van der Waals surface area (Å²) in [6.45, 7) is 2.05. The van der Waals surface area contributed by atoms with Gasteiger partial charge in [0, 0.05) is 14.1 Å². The minimum Gasteiger partial charge on any atom is -0.489 e. The molecule has 174 valence electrons. The van der Waals surface area contributed by atoms with Crippen LogP contribution in [-0.2, 0) is 12.6 Å². The molecule has 0 saturated heterocycles. The largest absolute Gasteiger partial charge is 0.489 e. The van der Waals surface area contributed by atoms with Crippen LogP contribution < -0.4 is 20.5 Å². The highest BCUT2D eigenvalue weighted by atomic mass is 16.5. The van der Waals surface area contributed by atoms with Crippen LogP contribution in [0.2, 0.25) is 0 Å². The summed E-state index contributed by atoms with van der Waals surface area (Å²) in [6, 6.07) is 19.8. The molecule has 34 heavy (non-hydrogen) atoms. The molecule has 0 radical (unpaired) electrons. The molecular formula is C25H25N5O4. The standard InChI is InChI=1S/C25H25N5O4/c1-25(17-11-7-5-8-12-17,18-13-9-6-10-14-18)30(3)24-28-20(21(33-4)23(32)29(24)2)22(31)27-19-15-26-34-16-19/h5-16H,1-4H3,(H,27,31). The maximum atomic E-state index is 13.2. The van der Waals surface area contributed by atoms with E-state index in [4.69, 9.17) is 9.26 Å². The van der Waals surface area contributed by atoms with Crippen molar-refractivity contribution in [2.24, 2.45) is 7.05 Å². The van der Waals surface area contributed by atoms with Crippen LogP contribution in [0.3, 0.4) is 0 Å². The van der Waals surface area contributed by atoms with Gasteiger partial charge in [-0.2, -0.15) is 0 Å². The van der Waals surface area contributed by atoms with Crippen molar-refractivity contribution in [3.05, 3.63) is 100 Å². The van der Waals surface area contributed by atoms with Crippen LogP contribution in [0.1, 0.15) is 28.5 Å². The number of aromatic nitrogens is 3. The lowest BCUT2D eigenvalue weighted by Crippen LogP contribution is -2.45. The van der Waals surface area contributed by atoms with Crippen LogP contribution in [0.25, 0.3) is 0 Å². The Balaban J connectivity index is 1.89. The maximum Gasteiger partial charge on any atom is 0.297 e. The van der Waals surface area contributed by atoms with E-state index >= 15 is 0 Å². The molecule has 2 heterocycles. The van der Waals surface area contributed by atoms with Gasteiger partial charge in [-0.05, 0) is 18.1 Å². The summed E-state index contributed by atoms with van der Waals surface area (Å²) in [6.07, 6.45) is 2.63. The summed E-state index contributed by atoms with van der Waals surface area (Å²) in [7, 11) is 4.77. The first-order valence-corrected chi connectivity index (χ1v) is 10.6. The second-order valence-corrected chi connectivity index (χ2v) is 7.89. The smallest absolute Gasteiger partial charge is 0.297 e. The van der Waals surface area contributed by atoms with Gasteiger partial charge in [-0.3, -0.25) is 14.2 Å². The average Bonchev–Trinajstić information content (AvgIpc) is 3.38. The molecule has 9 nitrogen and oxygen atoms in total. The maximum absolute atomic E-state index is 13.2. The topological polar surface area (TPSA) is 102 Å². The van der Waals surface area contributed by atoms with Crippen LogP contribution in [0.4, 0.5) is 11.6 Å². The van der Waals surface area contributed by atoms with Crippen LogP contribution in [0, 0.1) is 0 Å². The lowest BCUT2D eigenvalue weighted by atomic mass is 9.83. The van der Waals surface area contributed by atoms with E-state index in [0.717, 1.165) is 11.1 Å². The van der Waals surface area contributed by atoms with Gasteiger partial charge in [0.1, 0.15) is 12.0 Å². The van der Waals surface area contributed by atoms with E-state index in [-0.39, 0.29) is 17.4 Å². The summed E-state index contributed by atoms with van der Waals surface area (Å²) in [5, 5.41) is 6.20. The number of nitrogens with zero attached hydrogens (tertiary/aromatic N) is 4. The molecule has 2 aromatic carbocycles. The second kappa shape index (κ2) is 9.22. The fourth-order valence-electron chi connectivity index (χ4n) is 3.94. The normalized spacial score (nSPS) is 11.2. The van der Waals surface area contributed by atoms with Gasteiger partial charge in [0.2, 0.25) is 11.7 Å². The molecule has 2 aromatic heterocycles. The van der Waals surface area contributed by atoms with Gasteiger partial charge < -0.3 is 19.5 Å². The van der Waals surface area contributed by atoms with E-state index in [1.165, 1.54) is 24.1 Å². The summed E-state index contributed by atoms with van der Waals surface area (Å²) in [4.78, 5) is 32.7. The number of nitrogens with one attached hydrogen (secondary N) is 1. The minimum atomic E-state index is -0.712. The quantitative estimate of drug-likeness (QED) is 0.452. The number of hydrogen-bond acceptors (Lipinski definition) is 7. The molecule has 0 aliphatic carbocycles. The Morgan fingerprint density at radius 2 is 1.68 bits per heavy atom. The Hall–Kier alpha value is -4.40. The fraction of sp³-hybridized carbons (Fsp3) is 0.200. The number of anilines is 2. The molecule has 0 fully saturated rings. The van der Waals surface area contributed by atoms with Crippen LogP contribution in [-0.4, -0.2) is 34.8 Å². The number of benzene rings is 2. The lowest BCUT2D eigenvalue weighted by Gasteiger charge is -2.41. The number of carbonyl (C=O) groups excluding carboxylic acids is 1. The number of ether oxygens (including phenoxy) is 1. The number of rotatable bonds is 7. The lowest BCUT2D eigenvalue weighted by molar-refractivity contribution is 0.101. The van der Waals surface area contributed by atoms with Crippen molar-refractivity contribution in [2.75, 3.05) is 24.4 Å². The predicted molar refractivity (Wildman–Crippen MR) is 128 cm³/mol. The second-order valence-electron chi connectivity index (χ2n) is 7.89. The molecule has 1 amide bonds. The van der Waals surface area contributed by atoms with Gasteiger partial charge in [0.25, 0.3) is 11.5 Å². The van der Waals surface area contributed by atoms with Crippen molar-refractivity contribution in [3.8, 4) is 5.75 Å². The van der Waals surface area contributed by atoms with E-state index in [2.05, 4.69) is 15.5 Å². The molecule has 0 atom stereocenters. The first kappa shape index (κ1) is 22.8. The van der Waals surface area contributed by atoms with Crippen molar-refractivity contribution in [3.63, 3.8) is 0 Å². The number of hydrogen-bond donors (Lipinski definition) is 1. The first-order chi connectivity index (χ1) is 16.4. The zero-order valence-corrected chi connectivity index (χ0v) is 19.4. The summed E-state index contributed by atoms with van der Waals surface area (Å²) in [5.41, 5.74) is 0.975. The van der Waals surface area contributed by atoms with Gasteiger partial charge in [0.05, 0.1) is 18.8 Å². The average molecular weight is 460 g/mol. The van der Waals surface area contributed by atoms with Crippen molar-refractivity contribution in [1.29, 1.82) is 0 Å². The summed E-state index contributed by atoms with van der Waals surface area (Å²) < 4.78 is 11.4. The van der Waals surface area contributed by atoms with Crippen molar-refractivity contribution < 1.29 is 14.1 Å². The third-order valence-electron chi connectivity index (χ3n) is 5.98. The zero-order valence-electron chi connectivity index (χ0n) is 19.4. The van der Waals surface area contributed by atoms with Gasteiger partial charge in [-0.15, -0.1) is 0 Å². The molecule has 0 spiro atoms. The molecule has 0 saturated carbocycles. The molecule has 0 unspecified atom stereocenters. The van der Waals surface area contributed by atoms with E-state index in [0.29, 0.717) is 5.69 Å². The van der Waals surface area contributed by atoms with Gasteiger partial charge in [-0.1, -0.05) is 65.8 Å². The summed E-state index contributed by atoms with van der Waals surface area (Å²) >= 11 is 0. The van der Waals surface area contributed by atoms with Crippen LogP contribution in [0.5, 0.6) is 5.75 Å². The molecule has 4 rings (SSSR count). The Labute approximate surface area is 196 Å². The van der Waals surface area contributed by atoms with Gasteiger partial charge >= 0.3 is 0 Å². The van der Waals surface area contributed by atoms with E-state index in [9.17, 15) is 9.59 Å². The van der Waals surface area contributed by atoms with E-state index in [1.54, 1.807) is 7.05 Å². The molecular weight excluding hydrogens is 434 g/mol. The third kappa shape index (κ3) is 3.92. The Bertz CT molecular complexity index is 1300. The molecule has 0 aliphatic heterocycles. The monoisotopic (exact) mass is 459 g/mol. The first-order valence-electron chi connectivity index (χ1n) is 10.6. The van der Waals surface area contributed by atoms with Crippen LogP contribution >= 0.6 is 0 Å². The highest BCUT2D eigenvalue weighted by Gasteiger charge is 2.36. The molecule has 1 N–H and O–H groups in total. The van der Waals surface area contributed by atoms with Crippen molar-refractivity contribution >= 4 is 17.5 Å². The van der Waals surface area contributed by atoms with Crippen molar-refractivity contribution in [2.45, 2.75) is 12.5 Å². The van der Waals surface area contributed by atoms with Gasteiger partial charge in [-0.25, -0.2) is 4.98 Å². The SMILES string of the molecule is COc1c(C(=O)Nc2cnoc2)nc(N(C)C(C)(c2ccccc2)c2ccccc2)n(C)c1=O. The Morgan fingerprint density at radius 1 is 1.09 bits per heavy atom. The van der Waals surface area contributed by atoms with Crippen molar-refractivity contribution in [1.82, 2.24) is 14.7 Å². The van der Waals surface area contributed by atoms with Gasteiger partial charge in [0.15, 0.2) is 5.69 Å². The van der Waals surface area contributed by atoms with E-state index < -0.39 is 17.0 Å². The molecule has 9 heteroatoms. The number of carbonyl (C=O) groups is 1. The fourth-order valence-corrected chi connectivity index (χ4v) is 3.94.